The van der Waals surface area contributed by atoms with Gasteiger partial charge < -0.3 is 9.64 Å². The molecular weight excluding hydrogens is 310 g/mol. The number of hydrogen-bond donors (Lipinski definition) is 1. The third kappa shape index (κ3) is 3.37. The average Bonchev–Trinajstić information content (AvgIpc) is 2.45. The molecule has 1 aromatic carbocycles. The number of primary sulfonamides is 1. The minimum Gasteiger partial charge on any atom is -0.372 e. The minimum atomic E-state index is -3.97. The molecule has 22 heavy (non-hydrogen) atoms. The SMILES string of the molecule is CCC1(C)CN(c2cc([N+](=O)[O-])ccc2S(N)(=O)=O)CCO1. The first-order chi connectivity index (χ1) is 10.2. The van der Waals surface area contributed by atoms with E-state index in [-0.39, 0.29) is 16.3 Å². The normalized spacial score (nSPS) is 22.6. The highest BCUT2D eigenvalue weighted by atomic mass is 32.2. The molecule has 1 fully saturated rings. The van der Waals surface area contributed by atoms with Crippen molar-refractivity contribution in [2.24, 2.45) is 5.14 Å². The van der Waals surface area contributed by atoms with Crippen LogP contribution in [0.1, 0.15) is 20.3 Å². The molecule has 122 valence electrons. The number of benzene rings is 1. The maximum Gasteiger partial charge on any atom is 0.271 e. The highest BCUT2D eigenvalue weighted by molar-refractivity contribution is 7.89. The molecule has 2 N–H and O–H groups in total. The molecule has 0 saturated carbocycles. The van der Waals surface area contributed by atoms with Gasteiger partial charge >= 0.3 is 0 Å². The van der Waals surface area contributed by atoms with E-state index in [1.54, 1.807) is 4.90 Å². The first kappa shape index (κ1) is 16.7. The molecule has 1 atom stereocenters. The molecule has 0 aromatic heterocycles. The number of ether oxygens (including phenoxy) is 1. The summed E-state index contributed by atoms with van der Waals surface area (Å²) in [4.78, 5) is 12.1. The number of nitrogens with zero attached hydrogens (tertiary/aromatic N) is 2. The third-order valence-corrected chi connectivity index (χ3v) is 4.84. The zero-order chi connectivity index (χ0) is 16.5. The Morgan fingerprint density at radius 1 is 1.50 bits per heavy atom. The molecular formula is C13H19N3O5S. The van der Waals surface area contributed by atoms with Crippen LogP contribution >= 0.6 is 0 Å². The van der Waals surface area contributed by atoms with E-state index in [9.17, 15) is 18.5 Å². The van der Waals surface area contributed by atoms with E-state index >= 15 is 0 Å². The topological polar surface area (TPSA) is 116 Å². The summed E-state index contributed by atoms with van der Waals surface area (Å²) in [7, 11) is -3.97. The van der Waals surface area contributed by atoms with Gasteiger partial charge in [0.2, 0.25) is 10.0 Å². The fourth-order valence-electron chi connectivity index (χ4n) is 2.46. The monoisotopic (exact) mass is 329 g/mol. The fraction of sp³-hybridized carbons (Fsp3) is 0.538. The highest BCUT2D eigenvalue weighted by Gasteiger charge is 2.33. The number of hydrogen-bond acceptors (Lipinski definition) is 6. The summed E-state index contributed by atoms with van der Waals surface area (Å²) >= 11 is 0. The molecule has 1 heterocycles. The Bertz CT molecular complexity index is 691. The van der Waals surface area contributed by atoms with E-state index in [1.807, 2.05) is 13.8 Å². The van der Waals surface area contributed by atoms with Crippen LogP contribution in [0.4, 0.5) is 11.4 Å². The van der Waals surface area contributed by atoms with E-state index in [2.05, 4.69) is 0 Å². The predicted molar refractivity (Wildman–Crippen MR) is 81.3 cm³/mol. The van der Waals surface area contributed by atoms with Gasteiger partial charge in [0.25, 0.3) is 5.69 Å². The second kappa shape index (κ2) is 5.82. The number of non-ortho nitro benzene ring substituents is 1. The Hall–Kier alpha value is -1.71. The molecule has 0 amide bonds. The highest BCUT2D eigenvalue weighted by Crippen LogP contribution is 2.32. The molecule has 1 unspecified atom stereocenters. The maximum atomic E-state index is 11.8. The zero-order valence-electron chi connectivity index (χ0n) is 12.5. The van der Waals surface area contributed by atoms with Crippen LogP contribution in [-0.4, -0.2) is 38.6 Å². The molecule has 1 aliphatic rings. The second-order valence-corrected chi connectivity index (χ2v) is 7.06. The molecule has 0 radical (unpaired) electrons. The van der Waals surface area contributed by atoms with Gasteiger partial charge in [-0.05, 0) is 19.4 Å². The van der Waals surface area contributed by atoms with Crippen molar-refractivity contribution in [3.05, 3.63) is 28.3 Å². The van der Waals surface area contributed by atoms with Gasteiger partial charge in [-0.3, -0.25) is 10.1 Å². The van der Waals surface area contributed by atoms with Gasteiger partial charge in [-0.2, -0.15) is 0 Å². The van der Waals surface area contributed by atoms with Gasteiger partial charge in [-0.15, -0.1) is 0 Å². The standard InChI is InChI=1S/C13H19N3O5S/c1-3-13(2)9-15(6-7-21-13)11-8-10(16(17)18)4-5-12(11)22(14,19)20/h4-5,8H,3,6-7,9H2,1-2H3,(H2,14,19,20). The van der Waals surface area contributed by atoms with Crippen LogP contribution in [0, 0.1) is 10.1 Å². The predicted octanol–water partition coefficient (Wildman–Crippen LogP) is 1.25. The van der Waals surface area contributed by atoms with Crippen LogP contribution in [0.5, 0.6) is 0 Å². The van der Waals surface area contributed by atoms with Gasteiger partial charge in [-0.1, -0.05) is 6.92 Å². The minimum absolute atomic E-state index is 0.113. The van der Waals surface area contributed by atoms with Crippen molar-refractivity contribution in [3.63, 3.8) is 0 Å². The van der Waals surface area contributed by atoms with E-state index < -0.39 is 20.5 Å². The Labute approximate surface area is 129 Å². The molecule has 1 aliphatic heterocycles. The average molecular weight is 329 g/mol. The summed E-state index contributed by atoms with van der Waals surface area (Å²) in [5.41, 5.74) is -0.356. The Morgan fingerprint density at radius 3 is 2.73 bits per heavy atom. The second-order valence-electron chi connectivity index (χ2n) is 5.53. The Morgan fingerprint density at radius 2 is 2.18 bits per heavy atom. The quantitative estimate of drug-likeness (QED) is 0.656. The van der Waals surface area contributed by atoms with Gasteiger partial charge in [0.15, 0.2) is 0 Å². The lowest BCUT2D eigenvalue weighted by Gasteiger charge is -2.41. The van der Waals surface area contributed by atoms with Crippen LogP contribution in [0.2, 0.25) is 0 Å². The molecule has 9 heteroatoms. The Balaban J connectivity index is 2.51. The van der Waals surface area contributed by atoms with Gasteiger partial charge in [0.1, 0.15) is 4.90 Å². The number of anilines is 1. The van der Waals surface area contributed by atoms with E-state index in [1.165, 1.54) is 12.1 Å². The molecule has 1 aromatic rings. The summed E-state index contributed by atoms with van der Waals surface area (Å²) < 4.78 is 29.2. The van der Waals surface area contributed by atoms with E-state index in [0.29, 0.717) is 19.7 Å². The maximum absolute atomic E-state index is 11.8. The van der Waals surface area contributed by atoms with Crippen molar-refractivity contribution < 1.29 is 18.1 Å². The van der Waals surface area contributed by atoms with Crippen molar-refractivity contribution in [3.8, 4) is 0 Å². The van der Waals surface area contributed by atoms with Crippen LogP contribution < -0.4 is 10.0 Å². The van der Waals surface area contributed by atoms with Crippen LogP contribution in [0.15, 0.2) is 23.1 Å². The number of nitro benzene ring substituents is 1. The number of nitro groups is 1. The molecule has 8 nitrogen and oxygen atoms in total. The number of sulfonamides is 1. The van der Waals surface area contributed by atoms with Crippen molar-refractivity contribution in [1.82, 2.24) is 0 Å². The number of rotatable bonds is 4. The fourth-order valence-corrected chi connectivity index (χ4v) is 3.19. The first-order valence-corrected chi connectivity index (χ1v) is 8.41. The molecule has 0 bridgehead atoms. The lowest BCUT2D eigenvalue weighted by Crippen LogP contribution is -2.50. The summed E-state index contributed by atoms with van der Waals surface area (Å²) in [6, 6.07) is 3.57. The van der Waals surface area contributed by atoms with E-state index in [0.717, 1.165) is 12.5 Å². The van der Waals surface area contributed by atoms with Crippen LogP contribution in [0.25, 0.3) is 0 Å². The summed E-state index contributed by atoms with van der Waals surface area (Å²) in [5.74, 6) is 0. The Kier molecular flexibility index (Phi) is 4.41. The zero-order valence-corrected chi connectivity index (χ0v) is 13.3. The summed E-state index contributed by atoms with van der Waals surface area (Å²) in [6.45, 7) is 5.19. The third-order valence-electron chi connectivity index (χ3n) is 3.89. The molecule has 1 saturated heterocycles. The lowest BCUT2D eigenvalue weighted by atomic mass is 10.0. The van der Waals surface area contributed by atoms with Crippen LogP contribution in [-0.2, 0) is 14.8 Å². The van der Waals surface area contributed by atoms with Crippen molar-refractivity contribution in [1.29, 1.82) is 0 Å². The van der Waals surface area contributed by atoms with Crippen molar-refractivity contribution in [2.75, 3.05) is 24.6 Å². The van der Waals surface area contributed by atoms with Crippen LogP contribution in [0.3, 0.4) is 0 Å². The van der Waals surface area contributed by atoms with Gasteiger partial charge in [-0.25, -0.2) is 13.6 Å². The molecule has 2 rings (SSSR count). The summed E-state index contributed by atoms with van der Waals surface area (Å²) in [5, 5.41) is 16.2. The molecule has 0 aliphatic carbocycles. The lowest BCUT2D eigenvalue weighted by molar-refractivity contribution is -0.384. The summed E-state index contributed by atoms with van der Waals surface area (Å²) in [6.07, 6.45) is 0.739. The van der Waals surface area contributed by atoms with Gasteiger partial charge in [0, 0.05) is 25.2 Å². The van der Waals surface area contributed by atoms with Gasteiger partial charge in [0.05, 0.1) is 22.8 Å². The van der Waals surface area contributed by atoms with Crippen molar-refractivity contribution in [2.45, 2.75) is 30.8 Å². The first-order valence-electron chi connectivity index (χ1n) is 6.86. The van der Waals surface area contributed by atoms with E-state index in [4.69, 9.17) is 9.88 Å². The molecule has 0 spiro atoms. The number of morpholine rings is 1. The van der Waals surface area contributed by atoms with Crippen molar-refractivity contribution >= 4 is 21.4 Å². The smallest absolute Gasteiger partial charge is 0.271 e. The largest absolute Gasteiger partial charge is 0.372 e. The number of nitrogens with two attached hydrogens (primary N) is 1.